The molecule has 0 rings (SSSR count). The zero-order chi connectivity index (χ0) is 12.6. The molecular formula is C16H30Te. The molecule has 0 spiro atoms. The minimum atomic E-state index is 0.0580. The van der Waals surface area contributed by atoms with Gasteiger partial charge in [0.15, 0.2) is 0 Å². The fourth-order valence-corrected chi connectivity index (χ4v) is 3.83. The van der Waals surface area contributed by atoms with Gasteiger partial charge in [-0.2, -0.15) is 0 Å². The molecule has 0 fully saturated rings. The first kappa shape index (κ1) is 17.3. The summed E-state index contributed by atoms with van der Waals surface area (Å²) in [6.07, 6.45) is 15.2. The molecule has 0 nitrogen and oxygen atoms in total. The normalized spacial score (nSPS) is 10.0. The van der Waals surface area contributed by atoms with Crippen molar-refractivity contribution in [3.8, 4) is 9.89 Å². The van der Waals surface area contributed by atoms with Crippen molar-refractivity contribution in [3.63, 3.8) is 0 Å². The number of hydrogen-bond donors (Lipinski definition) is 0. The van der Waals surface area contributed by atoms with Crippen molar-refractivity contribution in [1.29, 1.82) is 0 Å². The first-order chi connectivity index (χ1) is 8.41. The molecule has 0 bridgehead atoms. The Bertz CT molecular complexity index is 187. The summed E-state index contributed by atoms with van der Waals surface area (Å²) in [5.41, 5.74) is 0. The number of rotatable bonds is 11. The third kappa shape index (κ3) is 16.3. The molecule has 0 unspecified atom stereocenters. The molecule has 0 aliphatic rings. The van der Waals surface area contributed by atoms with Crippen LogP contribution in [0, 0.1) is 9.89 Å². The monoisotopic (exact) mass is 352 g/mol. The molecule has 0 amide bonds. The van der Waals surface area contributed by atoms with Gasteiger partial charge in [0.1, 0.15) is 0 Å². The Balaban J connectivity index is 3.02. The SMILES string of the molecule is CCCCCCCCCCC#C[Te]CCCC. The molecule has 0 N–H and O–H groups in total. The van der Waals surface area contributed by atoms with E-state index < -0.39 is 0 Å². The van der Waals surface area contributed by atoms with Crippen LogP contribution < -0.4 is 0 Å². The predicted molar refractivity (Wildman–Crippen MR) is 80.5 cm³/mol. The Morgan fingerprint density at radius 2 is 1.29 bits per heavy atom. The molecule has 100 valence electrons. The summed E-state index contributed by atoms with van der Waals surface area (Å²) in [6.45, 7) is 4.54. The first-order valence-corrected chi connectivity index (χ1v) is 10.3. The Morgan fingerprint density at radius 3 is 1.94 bits per heavy atom. The summed E-state index contributed by atoms with van der Waals surface area (Å²) in [5.74, 6) is 3.36. The number of unbranched alkanes of at least 4 members (excludes halogenated alkanes) is 9. The van der Waals surface area contributed by atoms with E-state index in [1.165, 1.54) is 68.7 Å². The van der Waals surface area contributed by atoms with Crippen molar-refractivity contribution in [2.24, 2.45) is 0 Å². The van der Waals surface area contributed by atoms with E-state index in [1.54, 1.807) is 0 Å². The van der Waals surface area contributed by atoms with Crippen molar-refractivity contribution in [1.82, 2.24) is 0 Å². The van der Waals surface area contributed by atoms with Crippen LogP contribution in [0.2, 0.25) is 4.47 Å². The molecule has 0 aromatic rings. The van der Waals surface area contributed by atoms with Gasteiger partial charge in [-0.15, -0.1) is 0 Å². The van der Waals surface area contributed by atoms with E-state index in [2.05, 4.69) is 23.7 Å². The van der Waals surface area contributed by atoms with E-state index in [-0.39, 0.29) is 20.9 Å². The fraction of sp³-hybridized carbons (Fsp3) is 0.875. The summed E-state index contributed by atoms with van der Waals surface area (Å²) >= 11 is 0.0580. The molecule has 0 aromatic heterocycles. The Morgan fingerprint density at radius 1 is 0.706 bits per heavy atom. The van der Waals surface area contributed by atoms with Crippen molar-refractivity contribution in [2.45, 2.75) is 88.9 Å². The van der Waals surface area contributed by atoms with E-state index in [0.717, 1.165) is 6.42 Å². The maximum absolute atomic E-state index is 3.42. The van der Waals surface area contributed by atoms with Gasteiger partial charge in [0.2, 0.25) is 0 Å². The van der Waals surface area contributed by atoms with Crippen LogP contribution in [-0.4, -0.2) is 20.9 Å². The topological polar surface area (TPSA) is 0 Å². The summed E-state index contributed by atoms with van der Waals surface area (Å²) in [4.78, 5) is 0. The van der Waals surface area contributed by atoms with E-state index in [1.807, 2.05) is 0 Å². The minimum absolute atomic E-state index is 0.0580. The van der Waals surface area contributed by atoms with E-state index in [0.29, 0.717) is 0 Å². The van der Waals surface area contributed by atoms with Gasteiger partial charge >= 0.3 is 120 Å². The molecule has 0 atom stereocenters. The van der Waals surface area contributed by atoms with Crippen molar-refractivity contribution in [3.05, 3.63) is 0 Å². The van der Waals surface area contributed by atoms with Gasteiger partial charge in [0, 0.05) is 0 Å². The number of hydrogen-bond acceptors (Lipinski definition) is 0. The predicted octanol–water partition coefficient (Wildman–Crippen LogP) is 5.40. The molecule has 0 aliphatic heterocycles. The van der Waals surface area contributed by atoms with Crippen LogP contribution in [0.25, 0.3) is 0 Å². The van der Waals surface area contributed by atoms with Crippen LogP contribution >= 0.6 is 0 Å². The fourth-order valence-electron chi connectivity index (χ4n) is 1.72. The average Bonchev–Trinajstić information content (AvgIpc) is 2.35. The second-order valence-electron chi connectivity index (χ2n) is 4.71. The van der Waals surface area contributed by atoms with Gasteiger partial charge < -0.3 is 0 Å². The standard InChI is InChI=1S/C16H30Te/c1-3-5-7-8-9-10-11-12-13-14-16-17-15-6-4-2/h3-13,15H2,1-2H3. The van der Waals surface area contributed by atoms with Gasteiger partial charge in [0.05, 0.1) is 0 Å². The zero-order valence-electron chi connectivity index (χ0n) is 11.9. The van der Waals surface area contributed by atoms with E-state index in [4.69, 9.17) is 0 Å². The maximum atomic E-state index is 3.42. The average molecular weight is 350 g/mol. The molecule has 0 saturated heterocycles. The zero-order valence-corrected chi connectivity index (χ0v) is 14.2. The van der Waals surface area contributed by atoms with Gasteiger partial charge in [-0.1, -0.05) is 0 Å². The van der Waals surface area contributed by atoms with Crippen LogP contribution in [0.3, 0.4) is 0 Å². The quantitative estimate of drug-likeness (QED) is 0.266. The Hall–Kier alpha value is 0.350. The van der Waals surface area contributed by atoms with E-state index in [9.17, 15) is 0 Å². The summed E-state index contributed by atoms with van der Waals surface area (Å²) < 4.78 is 4.84. The van der Waals surface area contributed by atoms with Crippen LogP contribution in [0.1, 0.15) is 84.5 Å². The second-order valence-corrected chi connectivity index (χ2v) is 7.28. The van der Waals surface area contributed by atoms with Gasteiger partial charge in [-0.05, 0) is 0 Å². The molecule has 0 radical (unpaired) electrons. The van der Waals surface area contributed by atoms with Gasteiger partial charge in [-0.3, -0.25) is 0 Å². The molecule has 0 heterocycles. The van der Waals surface area contributed by atoms with Crippen LogP contribution in [0.15, 0.2) is 0 Å². The van der Waals surface area contributed by atoms with Gasteiger partial charge in [-0.25, -0.2) is 0 Å². The van der Waals surface area contributed by atoms with Crippen molar-refractivity contribution >= 4 is 20.9 Å². The van der Waals surface area contributed by atoms with Crippen molar-refractivity contribution in [2.75, 3.05) is 0 Å². The van der Waals surface area contributed by atoms with Gasteiger partial charge in [0.25, 0.3) is 0 Å². The van der Waals surface area contributed by atoms with Crippen molar-refractivity contribution < 1.29 is 0 Å². The molecule has 1 heteroatoms. The Kier molecular flexibility index (Phi) is 16.7. The summed E-state index contributed by atoms with van der Waals surface area (Å²) in [5, 5.41) is 0. The van der Waals surface area contributed by atoms with E-state index >= 15 is 0 Å². The third-order valence-corrected chi connectivity index (χ3v) is 5.13. The first-order valence-electron chi connectivity index (χ1n) is 7.51. The molecule has 0 aromatic carbocycles. The molecule has 0 aliphatic carbocycles. The summed E-state index contributed by atoms with van der Waals surface area (Å²) in [7, 11) is 0. The van der Waals surface area contributed by atoms with Crippen LogP contribution in [0.4, 0.5) is 0 Å². The van der Waals surface area contributed by atoms with Crippen LogP contribution in [0.5, 0.6) is 0 Å². The second kappa shape index (κ2) is 16.3. The van der Waals surface area contributed by atoms with Crippen LogP contribution in [-0.2, 0) is 0 Å². The third-order valence-electron chi connectivity index (χ3n) is 2.90. The molecule has 0 saturated carbocycles. The molecular weight excluding hydrogens is 320 g/mol. The molecule has 17 heavy (non-hydrogen) atoms. The Labute approximate surface area is 119 Å². The summed E-state index contributed by atoms with van der Waals surface area (Å²) in [6, 6.07) is 0.